The predicted molar refractivity (Wildman–Crippen MR) is 104 cm³/mol. The predicted octanol–water partition coefficient (Wildman–Crippen LogP) is 3.79. The molecule has 1 atom stereocenters. The van der Waals surface area contributed by atoms with Crippen molar-refractivity contribution in [3.05, 3.63) is 65.5 Å². The number of benzene rings is 2. The molecule has 6 nitrogen and oxygen atoms in total. The van der Waals surface area contributed by atoms with Crippen LogP contribution >= 0.6 is 0 Å². The van der Waals surface area contributed by atoms with Crippen LogP contribution in [0.4, 0.5) is 14.6 Å². The highest BCUT2D eigenvalue weighted by atomic mass is 19.1. The Morgan fingerprint density at radius 3 is 2.79 bits per heavy atom. The van der Waals surface area contributed by atoms with Crippen molar-refractivity contribution in [3.63, 3.8) is 0 Å². The molecule has 8 heteroatoms. The zero-order valence-electron chi connectivity index (χ0n) is 15.3. The van der Waals surface area contributed by atoms with Crippen LogP contribution in [0.15, 0.2) is 42.7 Å². The molecule has 0 saturated carbocycles. The number of aryl methyl sites for hydroxylation is 1. The summed E-state index contributed by atoms with van der Waals surface area (Å²) in [7, 11) is 0. The number of aromatic hydroxyl groups is 1. The number of hydrogen-bond donors (Lipinski definition) is 2. The van der Waals surface area contributed by atoms with E-state index in [0.717, 1.165) is 18.4 Å². The molecule has 0 radical (unpaired) electrons. The maximum atomic E-state index is 14.4. The van der Waals surface area contributed by atoms with E-state index in [9.17, 15) is 13.9 Å². The molecule has 0 spiro atoms. The zero-order chi connectivity index (χ0) is 20.1. The Bertz CT molecular complexity index is 1250. The summed E-state index contributed by atoms with van der Waals surface area (Å²) in [5.41, 5.74) is 9.28. The van der Waals surface area contributed by atoms with Crippen LogP contribution in [-0.4, -0.2) is 24.9 Å². The van der Waals surface area contributed by atoms with Gasteiger partial charge in [0, 0.05) is 5.56 Å². The Morgan fingerprint density at radius 1 is 1.10 bits per heavy atom. The second kappa shape index (κ2) is 6.51. The molecule has 3 N–H and O–H groups in total. The molecule has 0 fully saturated rings. The number of aromatic nitrogens is 4. The van der Waals surface area contributed by atoms with Gasteiger partial charge in [-0.1, -0.05) is 12.1 Å². The normalized spacial score (nSPS) is 16.1. The van der Waals surface area contributed by atoms with Gasteiger partial charge in [0.2, 0.25) is 0 Å². The van der Waals surface area contributed by atoms with Crippen molar-refractivity contribution < 1.29 is 13.9 Å². The van der Waals surface area contributed by atoms with Gasteiger partial charge in [-0.15, -0.1) is 0 Å². The fraction of sp³-hybridized carbons (Fsp3) is 0.190. The van der Waals surface area contributed by atoms with Gasteiger partial charge < -0.3 is 10.8 Å². The second-order valence-corrected chi connectivity index (χ2v) is 7.19. The third-order valence-electron chi connectivity index (χ3n) is 5.49. The summed E-state index contributed by atoms with van der Waals surface area (Å²) in [6, 6.07) is 9.01. The van der Waals surface area contributed by atoms with E-state index in [1.54, 1.807) is 10.7 Å². The van der Waals surface area contributed by atoms with Crippen molar-refractivity contribution in [3.8, 4) is 17.0 Å². The molecule has 29 heavy (non-hydrogen) atoms. The van der Waals surface area contributed by atoms with E-state index in [4.69, 9.17) is 10.8 Å². The number of fused-ring (bicyclic) bond motifs is 2. The van der Waals surface area contributed by atoms with E-state index in [-0.39, 0.29) is 17.7 Å². The smallest absolute Gasteiger partial charge is 0.164 e. The lowest BCUT2D eigenvalue weighted by atomic mass is 9.88. The molecule has 0 bridgehead atoms. The van der Waals surface area contributed by atoms with Crippen LogP contribution in [0.3, 0.4) is 0 Å². The topological polar surface area (TPSA) is 89.8 Å². The first-order valence-corrected chi connectivity index (χ1v) is 9.26. The number of nitrogen functional groups attached to an aromatic ring is 1. The van der Waals surface area contributed by atoms with Crippen molar-refractivity contribution in [2.75, 3.05) is 5.73 Å². The summed E-state index contributed by atoms with van der Waals surface area (Å²) in [5, 5.41) is 15.0. The quantitative estimate of drug-likeness (QED) is 0.541. The Labute approximate surface area is 164 Å². The first-order chi connectivity index (χ1) is 14.0. The van der Waals surface area contributed by atoms with E-state index in [0.29, 0.717) is 34.3 Å². The van der Waals surface area contributed by atoms with Gasteiger partial charge in [-0.25, -0.2) is 23.4 Å². The number of hydrogen-bond acceptors (Lipinski definition) is 5. The van der Waals surface area contributed by atoms with Gasteiger partial charge in [0.15, 0.2) is 17.2 Å². The lowest BCUT2D eigenvalue weighted by Gasteiger charge is -2.25. The molecule has 2 heterocycles. The number of phenols is 1. The van der Waals surface area contributed by atoms with Crippen molar-refractivity contribution in [2.45, 2.75) is 25.3 Å². The van der Waals surface area contributed by atoms with Gasteiger partial charge in [0.1, 0.15) is 23.7 Å². The molecule has 5 rings (SSSR count). The molecule has 0 aliphatic heterocycles. The van der Waals surface area contributed by atoms with Crippen LogP contribution in [0.25, 0.3) is 22.3 Å². The number of phenolic OH excluding ortho intramolecular Hbond substituents is 1. The lowest BCUT2D eigenvalue weighted by molar-refractivity contribution is 0.405. The Balaban J connectivity index is 1.67. The van der Waals surface area contributed by atoms with Crippen LogP contribution in [0, 0.1) is 11.6 Å². The number of halogens is 2. The SMILES string of the molecule is Nc1ncnc2c1c(-c1ccc(F)c(O)c1)nn2C1CCc2cccc(F)c2C1. The summed E-state index contributed by atoms with van der Waals surface area (Å²) < 4.78 is 29.6. The maximum Gasteiger partial charge on any atom is 0.164 e. The zero-order valence-corrected chi connectivity index (χ0v) is 15.3. The molecule has 146 valence electrons. The van der Waals surface area contributed by atoms with E-state index >= 15 is 0 Å². The van der Waals surface area contributed by atoms with Crippen molar-refractivity contribution in [1.82, 2.24) is 19.7 Å². The van der Waals surface area contributed by atoms with Gasteiger partial charge in [0.25, 0.3) is 0 Å². The average molecular weight is 393 g/mol. The number of nitrogens with zero attached hydrogens (tertiary/aromatic N) is 4. The van der Waals surface area contributed by atoms with E-state index < -0.39 is 11.6 Å². The number of anilines is 1. The minimum absolute atomic E-state index is 0.112. The average Bonchev–Trinajstić information content (AvgIpc) is 3.11. The minimum Gasteiger partial charge on any atom is -0.505 e. The summed E-state index contributed by atoms with van der Waals surface area (Å²) in [5.74, 6) is -1.18. The third kappa shape index (κ3) is 2.79. The van der Waals surface area contributed by atoms with Crippen LogP contribution in [-0.2, 0) is 12.8 Å². The standard InChI is InChI=1S/C21H17F2N5O/c22-15-3-1-2-11-4-6-13(9-14(11)15)28-21-18(20(24)25-10-26-21)19(27-28)12-5-7-16(23)17(29)8-12/h1-3,5,7-8,10,13,29H,4,6,9H2,(H2,24,25,26). The molecular formula is C21H17F2N5O. The van der Waals surface area contributed by atoms with Crippen LogP contribution < -0.4 is 5.73 Å². The van der Waals surface area contributed by atoms with Crippen LogP contribution in [0.2, 0.25) is 0 Å². The largest absolute Gasteiger partial charge is 0.505 e. The van der Waals surface area contributed by atoms with Crippen molar-refractivity contribution in [2.24, 2.45) is 0 Å². The molecule has 0 saturated heterocycles. The fourth-order valence-electron chi connectivity index (χ4n) is 4.05. The molecular weight excluding hydrogens is 376 g/mol. The molecule has 0 amide bonds. The summed E-state index contributed by atoms with van der Waals surface area (Å²) in [6.07, 6.45) is 3.34. The molecule has 1 unspecified atom stereocenters. The highest BCUT2D eigenvalue weighted by Crippen LogP contribution is 2.37. The Kier molecular flexibility index (Phi) is 3.94. The monoisotopic (exact) mass is 393 g/mol. The molecule has 4 aromatic rings. The summed E-state index contributed by atoms with van der Waals surface area (Å²) >= 11 is 0. The van der Waals surface area contributed by atoms with Crippen molar-refractivity contribution in [1.29, 1.82) is 0 Å². The number of nitrogens with two attached hydrogens (primary N) is 1. The summed E-state index contributed by atoms with van der Waals surface area (Å²) in [6.45, 7) is 0. The molecule has 2 aromatic carbocycles. The van der Waals surface area contributed by atoms with Gasteiger partial charge in [0.05, 0.1) is 11.4 Å². The third-order valence-corrected chi connectivity index (χ3v) is 5.49. The number of rotatable bonds is 2. The van der Waals surface area contributed by atoms with E-state index in [1.165, 1.54) is 30.6 Å². The maximum absolute atomic E-state index is 14.4. The molecule has 1 aliphatic carbocycles. The van der Waals surface area contributed by atoms with Gasteiger partial charge in [-0.2, -0.15) is 5.10 Å². The lowest BCUT2D eigenvalue weighted by Crippen LogP contribution is -2.21. The molecule has 1 aliphatic rings. The van der Waals surface area contributed by atoms with E-state index in [1.807, 2.05) is 6.07 Å². The first-order valence-electron chi connectivity index (χ1n) is 9.26. The van der Waals surface area contributed by atoms with Gasteiger partial charge in [-0.05, 0) is 54.7 Å². The van der Waals surface area contributed by atoms with Gasteiger partial charge in [-0.3, -0.25) is 0 Å². The van der Waals surface area contributed by atoms with Crippen LogP contribution in [0.5, 0.6) is 5.75 Å². The van der Waals surface area contributed by atoms with Gasteiger partial charge >= 0.3 is 0 Å². The first kappa shape index (κ1) is 17.5. The Morgan fingerprint density at radius 2 is 1.97 bits per heavy atom. The fourth-order valence-corrected chi connectivity index (χ4v) is 4.05. The Hall–Kier alpha value is -3.55. The highest BCUT2D eigenvalue weighted by molar-refractivity contribution is 5.98. The van der Waals surface area contributed by atoms with Crippen molar-refractivity contribution >= 4 is 16.9 Å². The van der Waals surface area contributed by atoms with Crippen LogP contribution in [0.1, 0.15) is 23.6 Å². The van der Waals surface area contributed by atoms with E-state index in [2.05, 4.69) is 9.97 Å². The highest BCUT2D eigenvalue weighted by Gasteiger charge is 2.27. The second-order valence-electron chi connectivity index (χ2n) is 7.19. The molecule has 2 aromatic heterocycles. The summed E-state index contributed by atoms with van der Waals surface area (Å²) in [4.78, 5) is 8.42. The minimum atomic E-state index is -0.721.